The first-order valence-corrected chi connectivity index (χ1v) is 7.49. The zero-order valence-electron chi connectivity index (χ0n) is 12.9. The van der Waals surface area contributed by atoms with Crippen LogP contribution in [-0.2, 0) is 11.3 Å². The van der Waals surface area contributed by atoms with Crippen LogP contribution in [0.1, 0.15) is 0 Å². The van der Waals surface area contributed by atoms with Gasteiger partial charge in [-0.25, -0.2) is 14.3 Å². The maximum atomic E-state index is 12.3. The number of carbonyl (C=O) groups is 1. The fraction of sp³-hybridized carbons (Fsp3) is 0.0588. The van der Waals surface area contributed by atoms with Crippen molar-refractivity contribution < 1.29 is 9.53 Å². The van der Waals surface area contributed by atoms with Gasteiger partial charge < -0.3 is 4.74 Å². The number of hydrogen-bond donors (Lipinski definition) is 1. The van der Waals surface area contributed by atoms with Crippen LogP contribution in [0, 0.1) is 0 Å². The zero-order chi connectivity index (χ0) is 17.4. The molecule has 2 heterocycles. The molecule has 0 atom stereocenters. The summed E-state index contributed by atoms with van der Waals surface area (Å²) in [5, 5.41) is 6.07. The summed E-state index contributed by atoms with van der Waals surface area (Å²) in [7, 11) is 0. The summed E-state index contributed by atoms with van der Waals surface area (Å²) >= 11 is 0. The lowest BCUT2D eigenvalue weighted by molar-refractivity contribution is -0.134. The van der Waals surface area contributed by atoms with Crippen LogP contribution in [0.2, 0.25) is 0 Å². The second kappa shape index (κ2) is 5.75. The molecule has 0 amide bonds. The molecule has 0 saturated heterocycles. The molecule has 0 unspecified atom stereocenters. The SMILES string of the molecule is O=C(Cn1c2ccccc2n2c(=O)c(=O)[nH]nc12)Oc1ccccc1. The standard InChI is InChI=1S/C17H12N4O4/c22-14(25-11-6-2-1-3-7-11)10-20-12-8-4-5-9-13(12)21-16(24)15(23)18-19-17(20)21/h1-9H,10H2,(H,18,23). The fourth-order valence-electron chi connectivity index (χ4n) is 2.72. The largest absolute Gasteiger partial charge is 0.425 e. The van der Waals surface area contributed by atoms with Gasteiger partial charge in [0.15, 0.2) is 0 Å². The van der Waals surface area contributed by atoms with Gasteiger partial charge in [-0.1, -0.05) is 30.3 Å². The minimum absolute atomic E-state index is 0.162. The summed E-state index contributed by atoms with van der Waals surface area (Å²) in [6.45, 7) is -0.162. The molecule has 4 aromatic rings. The molecule has 4 rings (SSSR count). The molecule has 0 aliphatic carbocycles. The molecule has 2 aromatic carbocycles. The number of H-pyrrole nitrogens is 1. The number of rotatable bonds is 3. The van der Waals surface area contributed by atoms with Gasteiger partial charge in [0.1, 0.15) is 12.3 Å². The van der Waals surface area contributed by atoms with E-state index in [0.717, 1.165) is 0 Å². The average molecular weight is 336 g/mol. The highest BCUT2D eigenvalue weighted by molar-refractivity contribution is 5.83. The Morgan fingerprint density at radius 2 is 1.68 bits per heavy atom. The van der Waals surface area contributed by atoms with Crippen molar-refractivity contribution >= 4 is 22.8 Å². The lowest BCUT2D eigenvalue weighted by atomic mass is 10.3. The molecule has 8 nitrogen and oxygen atoms in total. The number of esters is 1. The van der Waals surface area contributed by atoms with E-state index in [1.165, 1.54) is 8.97 Å². The highest BCUT2D eigenvalue weighted by Gasteiger charge is 2.17. The van der Waals surface area contributed by atoms with Crippen molar-refractivity contribution in [1.29, 1.82) is 0 Å². The molecule has 124 valence electrons. The van der Waals surface area contributed by atoms with E-state index in [9.17, 15) is 14.4 Å². The van der Waals surface area contributed by atoms with Gasteiger partial charge in [0.05, 0.1) is 11.0 Å². The van der Waals surface area contributed by atoms with E-state index < -0.39 is 17.1 Å². The lowest BCUT2D eigenvalue weighted by Gasteiger charge is -2.06. The first kappa shape index (κ1) is 14.9. The summed E-state index contributed by atoms with van der Waals surface area (Å²) in [6.07, 6.45) is 0. The van der Waals surface area contributed by atoms with Crippen LogP contribution in [0.4, 0.5) is 0 Å². The molecule has 2 aromatic heterocycles. The van der Waals surface area contributed by atoms with Crippen molar-refractivity contribution in [3.63, 3.8) is 0 Å². The predicted octanol–water partition coefficient (Wildman–Crippen LogP) is 0.943. The van der Waals surface area contributed by atoms with E-state index in [4.69, 9.17) is 4.74 Å². The molecule has 0 saturated carbocycles. The number of aromatic amines is 1. The van der Waals surface area contributed by atoms with Crippen LogP contribution >= 0.6 is 0 Å². The topological polar surface area (TPSA) is 98.5 Å². The molecule has 8 heteroatoms. The van der Waals surface area contributed by atoms with E-state index in [2.05, 4.69) is 10.2 Å². The average Bonchev–Trinajstić information content (AvgIpc) is 2.93. The van der Waals surface area contributed by atoms with Crippen molar-refractivity contribution in [2.24, 2.45) is 0 Å². The smallest absolute Gasteiger partial charge is 0.331 e. The summed E-state index contributed by atoms with van der Waals surface area (Å²) < 4.78 is 8.00. The second-order valence-corrected chi connectivity index (χ2v) is 5.36. The number of hydrogen-bond acceptors (Lipinski definition) is 5. The number of fused-ring (bicyclic) bond motifs is 3. The Hall–Kier alpha value is -3.68. The minimum atomic E-state index is -0.827. The lowest BCUT2D eigenvalue weighted by Crippen LogP contribution is -2.34. The van der Waals surface area contributed by atoms with Gasteiger partial charge in [-0.2, -0.15) is 0 Å². The normalized spacial score (nSPS) is 11.0. The number of ether oxygens (including phenoxy) is 1. The highest BCUT2D eigenvalue weighted by Crippen LogP contribution is 2.18. The zero-order valence-corrected chi connectivity index (χ0v) is 12.9. The van der Waals surface area contributed by atoms with Crippen LogP contribution in [0.25, 0.3) is 16.8 Å². The van der Waals surface area contributed by atoms with Gasteiger partial charge in [0.2, 0.25) is 5.78 Å². The molecule has 0 aliphatic heterocycles. The predicted molar refractivity (Wildman–Crippen MR) is 89.7 cm³/mol. The van der Waals surface area contributed by atoms with E-state index in [1.54, 1.807) is 48.5 Å². The molecule has 25 heavy (non-hydrogen) atoms. The third kappa shape index (κ3) is 2.49. The summed E-state index contributed by atoms with van der Waals surface area (Å²) in [4.78, 5) is 36.1. The third-order valence-corrected chi connectivity index (χ3v) is 3.77. The number of benzene rings is 2. The third-order valence-electron chi connectivity index (χ3n) is 3.77. The summed E-state index contributed by atoms with van der Waals surface area (Å²) in [6, 6.07) is 15.6. The van der Waals surface area contributed by atoms with E-state index in [-0.39, 0.29) is 12.3 Å². The summed E-state index contributed by atoms with van der Waals surface area (Å²) in [5.41, 5.74) is -0.492. The Labute approximate surface area is 139 Å². The van der Waals surface area contributed by atoms with Gasteiger partial charge in [0, 0.05) is 0 Å². The molecule has 1 N–H and O–H groups in total. The van der Waals surface area contributed by atoms with E-state index in [1.807, 2.05) is 6.07 Å². The number of nitrogens with one attached hydrogen (secondary N) is 1. The number of aromatic nitrogens is 4. The molecular formula is C17H12N4O4. The number of para-hydroxylation sites is 3. The minimum Gasteiger partial charge on any atom is -0.425 e. The molecule has 0 spiro atoms. The van der Waals surface area contributed by atoms with Gasteiger partial charge in [-0.05, 0) is 24.3 Å². The molecular weight excluding hydrogens is 324 g/mol. The van der Waals surface area contributed by atoms with Crippen molar-refractivity contribution in [2.45, 2.75) is 6.54 Å². The second-order valence-electron chi connectivity index (χ2n) is 5.36. The number of imidazole rings is 1. The maximum Gasteiger partial charge on any atom is 0.331 e. The number of nitrogens with zero attached hydrogens (tertiary/aromatic N) is 3. The van der Waals surface area contributed by atoms with E-state index >= 15 is 0 Å². The van der Waals surface area contributed by atoms with Gasteiger partial charge >= 0.3 is 17.1 Å². The van der Waals surface area contributed by atoms with Crippen LogP contribution in [0.3, 0.4) is 0 Å². The van der Waals surface area contributed by atoms with E-state index in [0.29, 0.717) is 16.8 Å². The van der Waals surface area contributed by atoms with Crippen molar-refractivity contribution in [1.82, 2.24) is 19.2 Å². The Morgan fingerprint density at radius 3 is 2.44 bits per heavy atom. The molecule has 0 radical (unpaired) electrons. The fourth-order valence-corrected chi connectivity index (χ4v) is 2.72. The summed E-state index contributed by atoms with van der Waals surface area (Å²) in [5.74, 6) is 0.0671. The monoisotopic (exact) mass is 336 g/mol. The highest BCUT2D eigenvalue weighted by atomic mass is 16.5. The Morgan fingerprint density at radius 1 is 1.00 bits per heavy atom. The van der Waals surface area contributed by atoms with Crippen molar-refractivity contribution in [3.05, 3.63) is 75.3 Å². The maximum absolute atomic E-state index is 12.3. The Kier molecular flexibility index (Phi) is 3.42. The quantitative estimate of drug-likeness (QED) is 0.341. The molecule has 0 bridgehead atoms. The van der Waals surface area contributed by atoms with Gasteiger partial charge in [-0.3, -0.25) is 14.2 Å². The van der Waals surface area contributed by atoms with Crippen LogP contribution in [0.15, 0.2) is 64.2 Å². The van der Waals surface area contributed by atoms with Crippen LogP contribution < -0.4 is 15.9 Å². The molecule has 0 fully saturated rings. The first-order valence-electron chi connectivity index (χ1n) is 7.49. The van der Waals surface area contributed by atoms with Crippen molar-refractivity contribution in [2.75, 3.05) is 0 Å². The van der Waals surface area contributed by atoms with Crippen LogP contribution in [-0.4, -0.2) is 25.1 Å². The first-order chi connectivity index (χ1) is 12.1. The number of carbonyl (C=O) groups excluding carboxylic acids is 1. The van der Waals surface area contributed by atoms with Gasteiger partial charge in [-0.15, -0.1) is 5.10 Å². The van der Waals surface area contributed by atoms with Crippen molar-refractivity contribution in [3.8, 4) is 5.75 Å². The Bertz CT molecular complexity index is 1200. The van der Waals surface area contributed by atoms with Crippen LogP contribution in [0.5, 0.6) is 5.75 Å². The Balaban J connectivity index is 1.83. The molecule has 0 aliphatic rings. The van der Waals surface area contributed by atoms with Gasteiger partial charge in [0.25, 0.3) is 0 Å².